The van der Waals surface area contributed by atoms with Gasteiger partial charge in [-0.1, -0.05) is 34.8 Å². The number of rotatable bonds is 2. The Morgan fingerprint density at radius 1 is 1.19 bits per heavy atom. The fourth-order valence-electron chi connectivity index (χ4n) is 1.69. The van der Waals surface area contributed by atoms with Gasteiger partial charge in [-0.3, -0.25) is 10.1 Å². The molecular weight excluding hydrogens is 337 g/mol. The van der Waals surface area contributed by atoms with Gasteiger partial charge in [0.1, 0.15) is 5.52 Å². The van der Waals surface area contributed by atoms with Crippen molar-refractivity contribution in [2.75, 3.05) is 5.32 Å². The highest BCUT2D eigenvalue weighted by molar-refractivity contribution is 6.36. The minimum absolute atomic E-state index is 0.0284. The molecule has 0 aliphatic rings. The van der Waals surface area contributed by atoms with Gasteiger partial charge in [0.2, 0.25) is 5.95 Å². The highest BCUT2D eigenvalue weighted by atomic mass is 35.5. The maximum atomic E-state index is 12.2. The smallest absolute Gasteiger partial charge is 0.259 e. The summed E-state index contributed by atoms with van der Waals surface area (Å²) in [6.45, 7) is 0. The fourth-order valence-corrected chi connectivity index (χ4v) is 2.29. The van der Waals surface area contributed by atoms with Crippen LogP contribution >= 0.6 is 34.8 Å². The van der Waals surface area contributed by atoms with Gasteiger partial charge in [0.05, 0.1) is 16.9 Å². The van der Waals surface area contributed by atoms with Crippen molar-refractivity contribution in [3.8, 4) is 0 Å². The van der Waals surface area contributed by atoms with Gasteiger partial charge in [-0.2, -0.15) is 9.97 Å². The SMILES string of the molecule is O=C(Nc1nc(Cl)c2[nH]cnc2n1)c1cc(Cl)ccc1Cl. The minimum Gasteiger partial charge on any atom is -0.341 e. The summed E-state index contributed by atoms with van der Waals surface area (Å²) < 4.78 is 0. The number of halogens is 3. The van der Waals surface area contributed by atoms with E-state index in [1.165, 1.54) is 18.5 Å². The molecule has 0 radical (unpaired) electrons. The number of fused-ring (bicyclic) bond motifs is 1. The molecule has 0 aliphatic heterocycles. The predicted molar refractivity (Wildman–Crippen MR) is 81.1 cm³/mol. The first kappa shape index (κ1) is 14.1. The zero-order chi connectivity index (χ0) is 15.0. The summed E-state index contributed by atoms with van der Waals surface area (Å²) in [4.78, 5) is 27.0. The molecule has 106 valence electrons. The van der Waals surface area contributed by atoms with E-state index in [9.17, 15) is 4.79 Å². The second kappa shape index (κ2) is 5.48. The lowest BCUT2D eigenvalue weighted by Crippen LogP contribution is -2.15. The Morgan fingerprint density at radius 2 is 2.00 bits per heavy atom. The molecule has 2 aromatic heterocycles. The molecule has 0 bridgehead atoms. The summed E-state index contributed by atoms with van der Waals surface area (Å²) in [5, 5.41) is 3.33. The first-order valence-corrected chi connectivity index (χ1v) is 6.81. The van der Waals surface area contributed by atoms with Crippen LogP contribution in [-0.4, -0.2) is 25.8 Å². The maximum absolute atomic E-state index is 12.2. The zero-order valence-corrected chi connectivity index (χ0v) is 12.5. The lowest BCUT2D eigenvalue weighted by Gasteiger charge is -2.06. The monoisotopic (exact) mass is 341 g/mol. The number of benzene rings is 1. The van der Waals surface area contributed by atoms with Crippen LogP contribution in [0, 0.1) is 0 Å². The molecule has 0 saturated heterocycles. The summed E-state index contributed by atoms with van der Waals surface area (Å²) in [6, 6.07) is 4.57. The summed E-state index contributed by atoms with van der Waals surface area (Å²) >= 11 is 17.8. The molecule has 0 aliphatic carbocycles. The topological polar surface area (TPSA) is 83.6 Å². The van der Waals surface area contributed by atoms with Crippen LogP contribution in [0.25, 0.3) is 11.2 Å². The van der Waals surface area contributed by atoms with Gasteiger partial charge >= 0.3 is 0 Å². The molecule has 2 N–H and O–H groups in total. The van der Waals surface area contributed by atoms with Crippen molar-refractivity contribution in [1.82, 2.24) is 19.9 Å². The standard InChI is InChI=1S/C12H6Cl3N5O/c13-5-1-2-7(14)6(3-5)11(21)20-12-18-9(15)8-10(19-12)17-4-16-8/h1-4H,(H2,16,17,18,19,20,21). The van der Waals surface area contributed by atoms with Crippen molar-refractivity contribution >= 4 is 57.8 Å². The van der Waals surface area contributed by atoms with Crippen molar-refractivity contribution in [3.05, 3.63) is 45.3 Å². The van der Waals surface area contributed by atoms with Crippen LogP contribution in [-0.2, 0) is 0 Å². The molecule has 1 aromatic carbocycles. The van der Waals surface area contributed by atoms with Crippen LogP contribution in [0.5, 0.6) is 0 Å². The Bertz CT molecular complexity index is 848. The number of aromatic amines is 1. The largest absolute Gasteiger partial charge is 0.341 e. The van der Waals surface area contributed by atoms with Crippen molar-refractivity contribution in [2.24, 2.45) is 0 Å². The number of anilines is 1. The van der Waals surface area contributed by atoms with Crippen LogP contribution in [0.1, 0.15) is 10.4 Å². The number of hydrogen-bond acceptors (Lipinski definition) is 4. The Kier molecular flexibility index (Phi) is 3.67. The zero-order valence-electron chi connectivity index (χ0n) is 10.2. The molecule has 3 aromatic rings. The van der Waals surface area contributed by atoms with E-state index in [1.807, 2.05) is 0 Å². The third-order valence-corrected chi connectivity index (χ3v) is 3.48. The van der Waals surface area contributed by atoms with E-state index in [-0.39, 0.29) is 21.7 Å². The second-order valence-corrected chi connectivity index (χ2v) is 5.22. The van der Waals surface area contributed by atoms with Gasteiger partial charge in [0, 0.05) is 5.02 Å². The quantitative estimate of drug-likeness (QED) is 0.697. The molecule has 0 spiro atoms. The Morgan fingerprint density at radius 3 is 2.81 bits per heavy atom. The molecule has 21 heavy (non-hydrogen) atoms. The molecule has 2 heterocycles. The third-order valence-electron chi connectivity index (χ3n) is 2.64. The molecule has 0 atom stereocenters. The number of nitrogens with one attached hydrogen (secondary N) is 2. The minimum atomic E-state index is -0.492. The first-order valence-electron chi connectivity index (χ1n) is 5.67. The average molecular weight is 343 g/mol. The molecule has 1 amide bonds. The molecule has 0 unspecified atom stereocenters. The van der Waals surface area contributed by atoms with E-state index < -0.39 is 5.91 Å². The Hall–Kier alpha value is -1.89. The van der Waals surface area contributed by atoms with Crippen molar-refractivity contribution in [2.45, 2.75) is 0 Å². The van der Waals surface area contributed by atoms with E-state index >= 15 is 0 Å². The van der Waals surface area contributed by atoms with E-state index in [0.717, 1.165) is 0 Å². The Labute approximate surface area is 133 Å². The highest BCUT2D eigenvalue weighted by Crippen LogP contribution is 2.22. The van der Waals surface area contributed by atoms with Crippen molar-refractivity contribution in [3.63, 3.8) is 0 Å². The van der Waals surface area contributed by atoms with Crippen LogP contribution in [0.3, 0.4) is 0 Å². The summed E-state index contributed by atoms with van der Waals surface area (Å²) in [7, 11) is 0. The number of H-pyrrole nitrogens is 1. The first-order chi connectivity index (χ1) is 10.0. The molecule has 0 fully saturated rings. The van der Waals surface area contributed by atoms with Crippen LogP contribution in [0.2, 0.25) is 15.2 Å². The summed E-state index contributed by atoms with van der Waals surface area (Å²) in [5.74, 6) is -0.464. The fraction of sp³-hybridized carbons (Fsp3) is 0. The molecule has 3 rings (SSSR count). The Balaban J connectivity index is 1.94. The van der Waals surface area contributed by atoms with Gasteiger partial charge in [-0.05, 0) is 18.2 Å². The number of imidazole rings is 1. The predicted octanol–water partition coefficient (Wildman–Crippen LogP) is 3.57. The molecular formula is C12H6Cl3N5O. The average Bonchev–Trinajstić information content (AvgIpc) is 2.90. The van der Waals surface area contributed by atoms with Gasteiger partial charge in [-0.15, -0.1) is 0 Å². The van der Waals surface area contributed by atoms with Crippen LogP contribution in [0.4, 0.5) is 5.95 Å². The maximum Gasteiger partial charge on any atom is 0.259 e. The van der Waals surface area contributed by atoms with Gasteiger partial charge in [-0.25, -0.2) is 4.98 Å². The lowest BCUT2D eigenvalue weighted by molar-refractivity contribution is 0.102. The second-order valence-electron chi connectivity index (χ2n) is 4.02. The highest BCUT2D eigenvalue weighted by Gasteiger charge is 2.14. The molecule has 9 heteroatoms. The molecule has 6 nitrogen and oxygen atoms in total. The third kappa shape index (κ3) is 2.78. The molecule has 0 saturated carbocycles. The number of nitrogens with zero attached hydrogens (tertiary/aromatic N) is 3. The number of carbonyl (C=O) groups is 1. The number of amides is 1. The van der Waals surface area contributed by atoms with E-state index in [4.69, 9.17) is 34.8 Å². The van der Waals surface area contributed by atoms with Crippen LogP contribution < -0.4 is 5.32 Å². The van der Waals surface area contributed by atoms with Crippen molar-refractivity contribution in [1.29, 1.82) is 0 Å². The van der Waals surface area contributed by atoms with Crippen LogP contribution in [0.15, 0.2) is 24.5 Å². The summed E-state index contributed by atoms with van der Waals surface area (Å²) in [6.07, 6.45) is 1.44. The number of carbonyl (C=O) groups excluding carboxylic acids is 1. The van der Waals surface area contributed by atoms with E-state index in [1.54, 1.807) is 6.07 Å². The van der Waals surface area contributed by atoms with Gasteiger partial charge in [0.25, 0.3) is 5.91 Å². The lowest BCUT2D eigenvalue weighted by atomic mass is 10.2. The van der Waals surface area contributed by atoms with Gasteiger partial charge < -0.3 is 4.98 Å². The normalized spacial score (nSPS) is 10.8. The van der Waals surface area contributed by atoms with E-state index in [2.05, 4.69) is 25.3 Å². The van der Waals surface area contributed by atoms with Gasteiger partial charge in [0.15, 0.2) is 10.8 Å². The number of aromatic nitrogens is 4. The van der Waals surface area contributed by atoms with Crippen molar-refractivity contribution < 1.29 is 4.79 Å². The van der Waals surface area contributed by atoms with E-state index in [0.29, 0.717) is 16.2 Å². The summed E-state index contributed by atoms with van der Waals surface area (Å²) in [5.41, 5.74) is 1.06. The number of hydrogen-bond donors (Lipinski definition) is 2.